The molecule has 2 saturated heterocycles. The van der Waals surface area contributed by atoms with E-state index in [1.165, 1.54) is 11.1 Å². The minimum atomic E-state index is -4.20. The van der Waals surface area contributed by atoms with Gasteiger partial charge < -0.3 is 0 Å². The Bertz CT molecular complexity index is 597. The lowest BCUT2D eigenvalue weighted by molar-refractivity contribution is -0.156. The van der Waals surface area contributed by atoms with E-state index in [4.69, 9.17) is 11.6 Å². The van der Waals surface area contributed by atoms with Crippen LogP contribution in [0.5, 0.6) is 0 Å². The van der Waals surface area contributed by atoms with E-state index in [9.17, 15) is 18.4 Å². The summed E-state index contributed by atoms with van der Waals surface area (Å²) in [5.74, 6) is 0. The lowest BCUT2D eigenvalue weighted by Gasteiger charge is -2.43. The number of nitriles is 1. The van der Waals surface area contributed by atoms with Gasteiger partial charge in [0.2, 0.25) is 0 Å². The summed E-state index contributed by atoms with van der Waals surface area (Å²) >= 11 is 5.96. The highest BCUT2D eigenvalue weighted by Crippen LogP contribution is 2.47. The molecule has 0 spiro atoms. The van der Waals surface area contributed by atoms with Gasteiger partial charge in [0.25, 0.3) is 0 Å². The van der Waals surface area contributed by atoms with E-state index >= 15 is 0 Å². The van der Waals surface area contributed by atoms with Gasteiger partial charge >= 0.3 is 6.18 Å². The number of halogens is 4. The third kappa shape index (κ3) is 2.80. The number of alkyl halides is 3. The first kappa shape index (κ1) is 15.6. The van der Waals surface area contributed by atoms with Gasteiger partial charge in [-0.1, -0.05) is 11.6 Å². The van der Waals surface area contributed by atoms with Gasteiger partial charge in [-0.15, -0.1) is 0 Å². The number of pyridine rings is 1. The maximum atomic E-state index is 12.7. The summed E-state index contributed by atoms with van der Waals surface area (Å²) < 4.78 is 38.2. The molecule has 2 bridgehead atoms. The van der Waals surface area contributed by atoms with Crippen molar-refractivity contribution in [2.24, 2.45) is 0 Å². The summed E-state index contributed by atoms with van der Waals surface area (Å²) in [4.78, 5) is 5.55. The third-order valence-electron chi connectivity index (χ3n) is 4.77. The molecule has 3 nitrogen and oxygen atoms in total. The molecule has 1 aromatic heterocycles. The van der Waals surface area contributed by atoms with Gasteiger partial charge in [0.15, 0.2) is 0 Å². The Labute approximate surface area is 131 Å². The van der Waals surface area contributed by atoms with E-state index in [0.717, 1.165) is 0 Å². The molecule has 2 aliphatic heterocycles. The number of hydrogen-bond acceptors (Lipinski definition) is 3. The van der Waals surface area contributed by atoms with Crippen LogP contribution in [-0.4, -0.2) is 34.7 Å². The Morgan fingerprint density at radius 2 is 1.95 bits per heavy atom. The van der Waals surface area contributed by atoms with Crippen molar-refractivity contribution < 1.29 is 13.2 Å². The molecule has 0 saturated carbocycles. The fourth-order valence-electron chi connectivity index (χ4n) is 3.87. The summed E-state index contributed by atoms with van der Waals surface area (Å²) in [5.41, 5.74) is -0.0719. The van der Waals surface area contributed by atoms with Crippen molar-refractivity contribution in [3.05, 3.63) is 29.0 Å². The van der Waals surface area contributed by atoms with Gasteiger partial charge in [-0.25, -0.2) is 0 Å². The van der Waals surface area contributed by atoms with Crippen LogP contribution >= 0.6 is 11.6 Å². The molecular formula is C15H15ClF3N3. The molecule has 3 rings (SSSR count). The van der Waals surface area contributed by atoms with Crippen LogP contribution in [0.25, 0.3) is 0 Å². The van der Waals surface area contributed by atoms with Gasteiger partial charge in [0.05, 0.1) is 23.1 Å². The van der Waals surface area contributed by atoms with E-state index in [-0.39, 0.29) is 12.1 Å². The molecule has 2 fully saturated rings. The first-order valence-electron chi connectivity index (χ1n) is 7.18. The summed E-state index contributed by atoms with van der Waals surface area (Å²) in [6.45, 7) is -0.891. The average molecular weight is 330 g/mol. The molecule has 0 N–H and O–H groups in total. The van der Waals surface area contributed by atoms with Gasteiger partial charge in [0, 0.05) is 24.5 Å². The Morgan fingerprint density at radius 3 is 2.45 bits per heavy atom. The third-order valence-corrected chi connectivity index (χ3v) is 4.98. The molecule has 118 valence electrons. The monoisotopic (exact) mass is 329 g/mol. The van der Waals surface area contributed by atoms with Crippen molar-refractivity contribution >= 4 is 11.6 Å². The van der Waals surface area contributed by atoms with E-state index in [2.05, 4.69) is 11.1 Å². The van der Waals surface area contributed by atoms with Crippen molar-refractivity contribution in [1.29, 1.82) is 5.26 Å². The summed E-state index contributed by atoms with van der Waals surface area (Å²) in [6.07, 6.45) is 1.11. The predicted molar refractivity (Wildman–Crippen MR) is 75.3 cm³/mol. The fraction of sp³-hybridized carbons (Fsp3) is 0.600. The molecule has 7 heteroatoms. The lowest BCUT2D eigenvalue weighted by atomic mass is 9.71. The Balaban J connectivity index is 1.88. The normalized spacial score (nSPS) is 32.0. The van der Waals surface area contributed by atoms with E-state index < -0.39 is 18.1 Å². The molecular weight excluding hydrogens is 315 g/mol. The van der Waals surface area contributed by atoms with Gasteiger partial charge in [-0.05, 0) is 37.3 Å². The second kappa shape index (κ2) is 5.39. The molecule has 22 heavy (non-hydrogen) atoms. The SMILES string of the molecule is N#CC1(c2cncc(Cl)c2)C[C@H]2CC[C@@H](C1)N2CC(F)(F)F. The number of rotatable bonds is 2. The van der Waals surface area contributed by atoms with E-state index in [1.54, 1.807) is 12.3 Å². The summed E-state index contributed by atoms with van der Waals surface area (Å²) in [5, 5.41) is 10.1. The summed E-state index contributed by atoms with van der Waals surface area (Å²) in [7, 11) is 0. The Kier molecular flexibility index (Phi) is 3.82. The Hall–Kier alpha value is -1.32. The second-order valence-corrected chi connectivity index (χ2v) is 6.60. The van der Waals surface area contributed by atoms with Gasteiger partial charge in [-0.2, -0.15) is 18.4 Å². The standard InChI is InChI=1S/C15H15ClF3N3/c16-11-3-10(6-21-7-11)14(8-20)4-12-1-2-13(5-14)22(12)9-15(17,18)19/h3,6-7,12-13H,1-2,4-5,9H2/t12-,13+,14?. The van der Waals surface area contributed by atoms with Crippen molar-refractivity contribution in [1.82, 2.24) is 9.88 Å². The number of aromatic nitrogens is 1. The molecule has 3 heterocycles. The lowest BCUT2D eigenvalue weighted by Crippen LogP contribution is -2.51. The van der Waals surface area contributed by atoms with Crippen LogP contribution < -0.4 is 0 Å². The first-order valence-corrected chi connectivity index (χ1v) is 7.55. The topological polar surface area (TPSA) is 39.9 Å². The van der Waals surface area contributed by atoms with Gasteiger partial charge in [0.1, 0.15) is 0 Å². The highest BCUT2D eigenvalue weighted by molar-refractivity contribution is 6.30. The highest BCUT2D eigenvalue weighted by Gasteiger charge is 2.51. The molecule has 0 amide bonds. The van der Waals surface area contributed by atoms with Crippen molar-refractivity contribution in [2.45, 2.75) is 49.4 Å². The quantitative estimate of drug-likeness (QED) is 0.831. The number of fused-ring (bicyclic) bond motifs is 2. The van der Waals surface area contributed by atoms with Crippen LogP contribution in [0.15, 0.2) is 18.5 Å². The van der Waals surface area contributed by atoms with Crippen molar-refractivity contribution in [2.75, 3.05) is 6.54 Å². The van der Waals surface area contributed by atoms with Crippen LogP contribution in [0.3, 0.4) is 0 Å². The zero-order valence-electron chi connectivity index (χ0n) is 11.8. The maximum Gasteiger partial charge on any atom is 0.401 e. The number of hydrogen-bond donors (Lipinski definition) is 0. The minimum absolute atomic E-state index is 0.209. The smallest absolute Gasteiger partial charge is 0.289 e. The second-order valence-electron chi connectivity index (χ2n) is 6.17. The predicted octanol–water partition coefficient (Wildman–Crippen LogP) is 3.69. The first-order chi connectivity index (χ1) is 10.3. The molecule has 1 unspecified atom stereocenters. The van der Waals surface area contributed by atoms with Crippen molar-refractivity contribution in [3.63, 3.8) is 0 Å². The minimum Gasteiger partial charge on any atom is -0.289 e. The van der Waals surface area contributed by atoms with E-state index in [1.807, 2.05) is 0 Å². The molecule has 1 aromatic rings. The van der Waals surface area contributed by atoms with E-state index in [0.29, 0.717) is 36.3 Å². The number of piperidine rings is 1. The largest absolute Gasteiger partial charge is 0.401 e. The zero-order chi connectivity index (χ0) is 16.0. The average Bonchev–Trinajstić information content (AvgIpc) is 2.69. The van der Waals surface area contributed by atoms with Gasteiger partial charge in [-0.3, -0.25) is 9.88 Å². The molecule has 0 radical (unpaired) electrons. The van der Waals surface area contributed by atoms with Crippen molar-refractivity contribution in [3.8, 4) is 6.07 Å². The Morgan fingerprint density at radius 1 is 1.32 bits per heavy atom. The molecule has 3 atom stereocenters. The van der Waals surface area contributed by atoms with Crippen LogP contribution in [-0.2, 0) is 5.41 Å². The van der Waals surface area contributed by atoms with Crippen LogP contribution in [0.1, 0.15) is 31.2 Å². The number of nitrogens with zero attached hydrogens (tertiary/aromatic N) is 3. The molecule has 2 aliphatic rings. The summed E-state index contributed by atoms with van der Waals surface area (Å²) in [6, 6.07) is 3.63. The highest BCUT2D eigenvalue weighted by atomic mass is 35.5. The maximum absolute atomic E-state index is 12.7. The molecule has 0 aromatic carbocycles. The molecule has 0 aliphatic carbocycles. The zero-order valence-corrected chi connectivity index (χ0v) is 12.5. The van der Waals surface area contributed by atoms with Crippen LogP contribution in [0.2, 0.25) is 5.02 Å². The fourth-order valence-corrected chi connectivity index (χ4v) is 4.05. The van der Waals surface area contributed by atoms with Crippen LogP contribution in [0.4, 0.5) is 13.2 Å². The van der Waals surface area contributed by atoms with Crippen LogP contribution in [0, 0.1) is 11.3 Å².